The third-order valence-electron chi connectivity index (χ3n) is 4.38. The number of unbranched alkanes of at least 4 members (excludes halogenated alkanes) is 4. The van der Waals surface area contributed by atoms with Gasteiger partial charge in [0.15, 0.2) is 0 Å². The van der Waals surface area contributed by atoms with Crippen molar-refractivity contribution in [3.05, 3.63) is 11.8 Å². The van der Waals surface area contributed by atoms with Gasteiger partial charge in [0.05, 0.1) is 35.4 Å². The normalized spacial score (nSPS) is 26.3. The molecule has 0 unspecified atom stereocenters. The first-order valence-corrected chi connectivity index (χ1v) is 10.1. The van der Waals surface area contributed by atoms with Gasteiger partial charge in [-0.15, -0.1) is 17.7 Å². The molecule has 4 N–H and O–H groups in total. The maximum atomic E-state index is 10.5. The summed E-state index contributed by atoms with van der Waals surface area (Å²) in [6.07, 6.45) is 6.48. The minimum absolute atomic E-state index is 0.0607. The summed E-state index contributed by atoms with van der Waals surface area (Å²) >= 11 is 1.12. The zero-order valence-corrected chi connectivity index (χ0v) is 15.7. The first kappa shape index (κ1) is 21.9. The molecule has 0 aromatic heterocycles. The molecule has 0 aromatic rings. The van der Waals surface area contributed by atoms with E-state index in [0.29, 0.717) is 12.8 Å². The van der Waals surface area contributed by atoms with E-state index >= 15 is 0 Å². The highest BCUT2D eigenvalue weighted by molar-refractivity contribution is 8.00. The second kappa shape index (κ2) is 12.2. The zero-order valence-electron chi connectivity index (χ0n) is 14.9. The van der Waals surface area contributed by atoms with E-state index in [1.807, 2.05) is 0 Å². The van der Waals surface area contributed by atoms with Crippen molar-refractivity contribution in [2.45, 2.75) is 64.1 Å². The molecule has 0 spiro atoms. The van der Waals surface area contributed by atoms with Gasteiger partial charge in [0.25, 0.3) is 0 Å². The second-order valence-corrected chi connectivity index (χ2v) is 7.50. The molecular formula is C19H30O5S. The lowest BCUT2D eigenvalue weighted by atomic mass is 9.90. The zero-order chi connectivity index (χ0) is 18.7. The molecule has 1 fully saturated rings. The van der Waals surface area contributed by atoms with E-state index in [-0.39, 0.29) is 29.1 Å². The predicted molar refractivity (Wildman–Crippen MR) is 100 cm³/mol. The molecule has 0 saturated heterocycles. The molecule has 142 valence electrons. The Morgan fingerprint density at radius 3 is 2.60 bits per heavy atom. The lowest BCUT2D eigenvalue weighted by Crippen LogP contribution is -2.20. The lowest BCUT2D eigenvalue weighted by Gasteiger charge is -2.17. The van der Waals surface area contributed by atoms with Gasteiger partial charge in [-0.1, -0.05) is 32.1 Å². The first-order valence-electron chi connectivity index (χ1n) is 8.97. The van der Waals surface area contributed by atoms with Gasteiger partial charge in [-0.05, 0) is 18.9 Å². The molecule has 0 aromatic carbocycles. The van der Waals surface area contributed by atoms with Gasteiger partial charge in [-0.2, -0.15) is 0 Å². The molecule has 0 aliphatic heterocycles. The number of aliphatic hydroxyl groups excluding tert-OH is 3. The van der Waals surface area contributed by atoms with Crippen LogP contribution in [0.1, 0.15) is 51.9 Å². The molecule has 6 heteroatoms. The van der Waals surface area contributed by atoms with E-state index in [0.717, 1.165) is 31.0 Å². The largest absolute Gasteiger partial charge is 0.512 e. The number of carboxylic acids is 1. The topological polar surface area (TPSA) is 98.0 Å². The summed E-state index contributed by atoms with van der Waals surface area (Å²) in [7, 11) is 0. The summed E-state index contributed by atoms with van der Waals surface area (Å²) in [5, 5.41) is 38.7. The van der Waals surface area contributed by atoms with Gasteiger partial charge in [0, 0.05) is 18.8 Å². The van der Waals surface area contributed by atoms with Crippen LogP contribution < -0.4 is 0 Å². The Morgan fingerprint density at radius 2 is 1.92 bits per heavy atom. The highest BCUT2D eigenvalue weighted by Crippen LogP contribution is 2.35. The van der Waals surface area contributed by atoms with E-state index in [1.54, 1.807) is 6.08 Å². The molecule has 0 amide bonds. The van der Waals surface area contributed by atoms with Gasteiger partial charge in [0.1, 0.15) is 0 Å². The predicted octanol–water partition coefficient (Wildman–Crippen LogP) is 2.97. The molecule has 1 saturated carbocycles. The van der Waals surface area contributed by atoms with Crippen molar-refractivity contribution in [1.82, 2.24) is 0 Å². The van der Waals surface area contributed by atoms with Gasteiger partial charge in [0.2, 0.25) is 0 Å². The third-order valence-corrected chi connectivity index (χ3v) is 5.33. The standard InChI is InChI=1S/C19H30O5S/c1-2-3-4-5-6-7-8-15-16(18(22)11-17(15)21)10-9-14(20)12-25-13-19(23)24/h9,15-18,20-22H,2-6,10-13H2,1H3,(H,23,24)/t15-,16-,17-,18+/m1/s1. The van der Waals surface area contributed by atoms with Gasteiger partial charge in [-0.3, -0.25) is 4.79 Å². The van der Waals surface area contributed by atoms with Crippen LogP contribution in [0.2, 0.25) is 0 Å². The van der Waals surface area contributed by atoms with Crippen LogP contribution in [0.3, 0.4) is 0 Å². The van der Waals surface area contributed by atoms with E-state index in [2.05, 4.69) is 18.8 Å². The molecule has 0 heterocycles. The Kier molecular flexibility index (Phi) is 10.7. The number of allylic oxidation sites excluding steroid dienone is 1. The number of aliphatic carboxylic acids is 1. The van der Waals surface area contributed by atoms with Crippen molar-refractivity contribution in [1.29, 1.82) is 0 Å². The molecule has 5 nitrogen and oxygen atoms in total. The summed E-state index contributed by atoms with van der Waals surface area (Å²) in [5.74, 6) is 5.11. The Hall–Kier alpha value is -1.16. The van der Waals surface area contributed by atoms with Crippen LogP contribution >= 0.6 is 11.8 Å². The highest BCUT2D eigenvalue weighted by Gasteiger charge is 2.40. The average molecular weight is 371 g/mol. The van der Waals surface area contributed by atoms with Crippen LogP contribution in [0, 0.1) is 23.7 Å². The fourth-order valence-electron chi connectivity index (χ4n) is 3.00. The van der Waals surface area contributed by atoms with Crippen molar-refractivity contribution in [2.24, 2.45) is 11.8 Å². The number of rotatable bonds is 10. The molecule has 1 aliphatic rings. The van der Waals surface area contributed by atoms with Crippen molar-refractivity contribution < 1.29 is 25.2 Å². The van der Waals surface area contributed by atoms with Gasteiger partial charge >= 0.3 is 5.97 Å². The van der Waals surface area contributed by atoms with E-state index < -0.39 is 18.2 Å². The van der Waals surface area contributed by atoms with Gasteiger partial charge < -0.3 is 20.4 Å². The maximum absolute atomic E-state index is 10.5. The highest BCUT2D eigenvalue weighted by atomic mass is 32.2. The molecular weight excluding hydrogens is 340 g/mol. The fraction of sp³-hybridized carbons (Fsp3) is 0.737. The minimum Gasteiger partial charge on any atom is -0.512 e. The molecule has 0 bridgehead atoms. The Morgan fingerprint density at radius 1 is 1.16 bits per heavy atom. The smallest absolute Gasteiger partial charge is 0.313 e. The molecule has 1 aliphatic carbocycles. The SMILES string of the molecule is CCCCCCC#C[C@@H]1[C@@H](CC=C(O)CSCC(=O)O)[C@@H](O)C[C@H]1O. The average Bonchev–Trinajstić information content (AvgIpc) is 2.81. The quantitative estimate of drug-likeness (QED) is 0.268. The molecule has 1 rings (SSSR count). The van der Waals surface area contributed by atoms with Crippen LogP contribution in [0.25, 0.3) is 0 Å². The molecule has 4 atom stereocenters. The van der Waals surface area contributed by atoms with Crippen LogP contribution in [-0.4, -0.2) is 50.1 Å². The Labute approximate surface area is 154 Å². The summed E-state index contributed by atoms with van der Waals surface area (Å²) in [4.78, 5) is 10.5. The number of aliphatic hydroxyl groups is 3. The number of thioether (sulfide) groups is 1. The minimum atomic E-state index is -0.915. The third kappa shape index (κ3) is 8.66. The number of carbonyl (C=O) groups is 1. The van der Waals surface area contributed by atoms with Crippen molar-refractivity contribution in [3.8, 4) is 11.8 Å². The monoisotopic (exact) mass is 370 g/mol. The van der Waals surface area contributed by atoms with Gasteiger partial charge in [-0.25, -0.2) is 0 Å². The first-order chi connectivity index (χ1) is 12.0. The van der Waals surface area contributed by atoms with Crippen LogP contribution in [-0.2, 0) is 4.79 Å². The fourth-order valence-corrected chi connectivity index (χ4v) is 3.61. The van der Waals surface area contributed by atoms with Crippen LogP contribution in [0.5, 0.6) is 0 Å². The van der Waals surface area contributed by atoms with Crippen LogP contribution in [0.4, 0.5) is 0 Å². The Balaban J connectivity index is 2.51. The second-order valence-electron chi connectivity index (χ2n) is 6.51. The van der Waals surface area contributed by atoms with E-state index in [1.165, 1.54) is 12.8 Å². The van der Waals surface area contributed by atoms with E-state index in [4.69, 9.17) is 5.11 Å². The number of hydrogen-bond acceptors (Lipinski definition) is 5. The summed E-state index contributed by atoms with van der Waals surface area (Å²) in [6.45, 7) is 2.16. The molecule has 0 radical (unpaired) electrons. The Bertz CT molecular complexity index is 494. The van der Waals surface area contributed by atoms with Crippen molar-refractivity contribution in [3.63, 3.8) is 0 Å². The summed E-state index contributed by atoms with van der Waals surface area (Å²) in [5.41, 5.74) is 0. The lowest BCUT2D eigenvalue weighted by molar-refractivity contribution is -0.133. The summed E-state index contributed by atoms with van der Waals surface area (Å²) in [6, 6.07) is 0. The van der Waals surface area contributed by atoms with Crippen LogP contribution in [0.15, 0.2) is 11.8 Å². The number of carboxylic acid groups (broad SMARTS) is 1. The maximum Gasteiger partial charge on any atom is 0.313 e. The van der Waals surface area contributed by atoms with Crippen molar-refractivity contribution >= 4 is 17.7 Å². The van der Waals surface area contributed by atoms with E-state index in [9.17, 15) is 20.1 Å². The molecule has 25 heavy (non-hydrogen) atoms. The summed E-state index contributed by atoms with van der Waals surface area (Å²) < 4.78 is 0. The van der Waals surface area contributed by atoms with Crippen molar-refractivity contribution in [2.75, 3.05) is 11.5 Å². The number of hydrogen-bond donors (Lipinski definition) is 4.